The Morgan fingerprint density at radius 3 is 2.95 bits per heavy atom. The summed E-state index contributed by atoms with van der Waals surface area (Å²) in [5.74, 6) is -0.0543. The average molecular weight is 558 g/mol. The monoisotopic (exact) mass is 557 g/mol. The van der Waals surface area contributed by atoms with E-state index < -0.39 is 5.82 Å². The van der Waals surface area contributed by atoms with Crippen molar-refractivity contribution in [2.24, 2.45) is 0 Å². The van der Waals surface area contributed by atoms with Crippen LogP contribution in [0.4, 0.5) is 15.9 Å². The van der Waals surface area contributed by atoms with Gasteiger partial charge in [0.25, 0.3) is 0 Å². The lowest BCUT2D eigenvalue weighted by Gasteiger charge is -2.26. The van der Waals surface area contributed by atoms with Crippen LogP contribution in [0.15, 0.2) is 36.7 Å². The number of carbonyl (C=O) groups is 2. The second-order valence-electron chi connectivity index (χ2n) is 9.35. The SMILES string of the molecule is CCOC(=O)CCN(C/C=C/C(=O)N1CCc2c(sc3ncnc(Nc4ccc(F)c(Cl)c4)c23)C1)C1CC1. The predicted octanol–water partition coefficient (Wildman–Crippen LogP) is 5.09. The Labute approximate surface area is 229 Å². The molecule has 1 amide bonds. The molecule has 1 saturated carbocycles. The van der Waals surface area contributed by atoms with Gasteiger partial charge in [-0.05, 0) is 49.9 Å². The number of hydrogen-bond donors (Lipinski definition) is 1. The Morgan fingerprint density at radius 1 is 1.34 bits per heavy atom. The second kappa shape index (κ2) is 11.8. The highest BCUT2D eigenvalue weighted by Gasteiger charge is 2.29. The van der Waals surface area contributed by atoms with Crippen LogP contribution in [-0.4, -0.2) is 63.9 Å². The van der Waals surface area contributed by atoms with Gasteiger partial charge in [0.05, 0.1) is 30.0 Å². The number of halogens is 2. The topological polar surface area (TPSA) is 87.7 Å². The van der Waals surface area contributed by atoms with Crippen LogP contribution in [0.1, 0.15) is 36.6 Å². The number of carbonyl (C=O) groups excluding carboxylic acids is 2. The van der Waals surface area contributed by atoms with Crippen molar-refractivity contribution in [2.75, 3.05) is 31.6 Å². The fourth-order valence-corrected chi connectivity index (χ4v) is 6.03. The van der Waals surface area contributed by atoms with Crippen LogP contribution >= 0.6 is 22.9 Å². The van der Waals surface area contributed by atoms with Crippen molar-refractivity contribution in [2.45, 2.75) is 45.2 Å². The van der Waals surface area contributed by atoms with Crippen LogP contribution in [0.3, 0.4) is 0 Å². The summed E-state index contributed by atoms with van der Waals surface area (Å²) in [4.78, 5) is 39.6. The lowest BCUT2D eigenvalue weighted by atomic mass is 10.0. The summed E-state index contributed by atoms with van der Waals surface area (Å²) in [5.41, 5.74) is 1.77. The number of hydrogen-bond acceptors (Lipinski definition) is 8. The van der Waals surface area contributed by atoms with E-state index in [0.717, 1.165) is 33.5 Å². The number of nitrogens with zero attached hydrogens (tertiary/aromatic N) is 4. The van der Waals surface area contributed by atoms with Crippen LogP contribution in [0, 0.1) is 5.82 Å². The van der Waals surface area contributed by atoms with E-state index in [1.54, 1.807) is 30.4 Å². The van der Waals surface area contributed by atoms with E-state index in [1.807, 2.05) is 11.0 Å². The smallest absolute Gasteiger partial charge is 0.307 e. The minimum atomic E-state index is -0.478. The van der Waals surface area contributed by atoms with Gasteiger partial charge < -0.3 is 15.0 Å². The molecule has 5 rings (SSSR count). The van der Waals surface area contributed by atoms with Gasteiger partial charge in [-0.25, -0.2) is 14.4 Å². The van der Waals surface area contributed by atoms with Crippen LogP contribution in [0.5, 0.6) is 0 Å². The Morgan fingerprint density at radius 2 is 2.18 bits per heavy atom. The highest BCUT2D eigenvalue weighted by Crippen LogP contribution is 2.38. The number of anilines is 2. The fraction of sp³-hybridized carbons (Fsp3) is 0.407. The predicted molar refractivity (Wildman–Crippen MR) is 146 cm³/mol. The highest BCUT2D eigenvalue weighted by atomic mass is 35.5. The summed E-state index contributed by atoms with van der Waals surface area (Å²) in [6, 6.07) is 4.93. The van der Waals surface area contributed by atoms with E-state index in [9.17, 15) is 14.0 Å². The Kier molecular flexibility index (Phi) is 8.21. The second-order valence-corrected chi connectivity index (χ2v) is 10.8. The van der Waals surface area contributed by atoms with Crippen LogP contribution < -0.4 is 5.32 Å². The molecule has 0 radical (unpaired) electrons. The zero-order valence-corrected chi connectivity index (χ0v) is 22.7. The fourth-order valence-electron chi connectivity index (χ4n) is 4.65. The van der Waals surface area contributed by atoms with Gasteiger partial charge in [-0.3, -0.25) is 14.5 Å². The number of nitrogens with one attached hydrogen (secondary N) is 1. The molecule has 0 unspecified atom stereocenters. The van der Waals surface area contributed by atoms with Crippen LogP contribution in [-0.2, 0) is 27.3 Å². The number of esters is 1. The van der Waals surface area contributed by atoms with Gasteiger partial charge in [-0.1, -0.05) is 17.7 Å². The van der Waals surface area contributed by atoms with E-state index >= 15 is 0 Å². The summed E-state index contributed by atoms with van der Waals surface area (Å²) in [6.45, 7) is 4.57. The molecule has 1 N–H and O–H groups in total. The lowest BCUT2D eigenvalue weighted by molar-refractivity contribution is -0.143. The first kappa shape index (κ1) is 26.5. The first-order valence-corrected chi connectivity index (χ1v) is 13.9. The summed E-state index contributed by atoms with van der Waals surface area (Å²) < 4.78 is 18.6. The van der Waals surface area contributed by atoms with Crippen molar-refractivity contribution in [3.8, 4) is 0 Å². The standard InChI is InChI=1S/C27H29ClFN5O3S/c1-2-37-24(36)10-13-33(18-6-7-18)11-3-4-23(35)34-12-9-19-22(15-34)38-27-25(19)26(30-16-31-27)32-17-5-8-21(29)20(28)14-17/h3-5,8,14,16,18H,2,6-7,9-13,15H2,1H3,(H,30,31,32)/b4-3+. The summed E-state index contributed by atoms with van der Waals surface area (Å²) in [7, 11) is 0. The summed E-state index contributed by atoms with van der Waals surface area (Å²) >= 11 is 7.50. The molecule has 1 aliphatic heterocycles. The van der Waals surface area contributed by atoms with E-state index in [4.69, 9.17) is 16.3 Å². The Bertz CT molecular complexity index is 1380. The Balaban J connectivity index is 1.23. The van der Waals surface area contributed by atoms with Crippen LogP contribution in [0.25, 0.3) is 10.2 Å². The third-order valence-corrected chi connectivity index (χ3v) is 8.12. The molecule has 38 heavy (non-hydrogen) atoms. The quantitative estimate of drug-likeness (QED) is 0.274. The molecule has 0 spiro atoms. The van der Waals surface area contributed by atoms with Crippen molar-refractivity contribution in [1.29, 1.82) is 0 Å². The van der Waals surface area contributed by atoms with Gasteiger partial charge in [0.15, 0.2) is 0 Å². The van der Waals surface area contributed by atoms with Crippen molar-refractivity contribution in [3.05, 3.63) is 58.0 Å². The van der Waals surface area contributed by atoms with Crippen molar-refractivity contribution in [3.63, 3.8) is 0 Å². The molecule has 8 nitrogen and oxygen atoms in total. The first-order valence-electron chi connectivity index (χ1n) is 12.8. The molecule has 2 aromatic heterocycles. The molecule has 0 saturated heterocycles. The third kappa shape index (κ3) is 6.14. The van der Waals surface area contributed by atoms with Gasteiger partial charge in [0.2, 0.25) is 5.91 Å². The molecule has 200 valence electrons. The highest BCUT2D eigenvalue weighted by molar-refractivity contribution is 7.19. The molecule has 2 aliphatic rings. The molecule has 1 aliphatic carbocycles. The molecule has 0 atom stereocenters. The molecule has 0 bridgehead atoms. The third-order valence-electron chi connectivity index (χ3n) is 6.70. The van der Waals surface area contributed by atoms with Crippen molar-refractivity contribution >= 4 is 56.5 Å². The average Bonchev–Trinajstić information content (AvgIpc) is 3.67. The molecule has 3 aromatic rings. The van der Waals surface area contributed by atoms with Crippen LogP contribution in [0.2, 0.25) is 5.02 Å². The number of ether oxygens (including phenoxy) is 1. The molecular weight excluding hydrogens is 529 g/mol. The van der Waals surface area contributed by atoms with Gasteiger partial charge in [0, 0.05) is 42.3 Å². The van der Waals surface area contributed by atoms with Crippen molar-refractivity contribution in [1.82, 2.24) is 19.8 Å². The number of thiophene rings is 1. The molecule has 1 aromatic carbocycles. The van der Waals surface area contributed by atoms with Gasteiger partial charge >= 0.3 is 5.97 Å². The maximum atomic E-state index is 13.6. The number of benzene rings is 1. The van der Waals surface area contributed by atoms with E-state index in [2.05, 4.69) is 20.2 Å². The first-order chi connectivity index (χ1) is 18.4. The largest absolute Gasteiger partial charge is 0.466 e. The van der Waals surface area contributed by atoms with Crippen molar-refractivity contribution < 1.29 is 18.7 Å². The summed E-state index contributed by atoms with van der Waals surface area (Å²) in [6.07, 6.45) is 8.34. The minimum absolute atomic E-state index is 0.0281. The maximum Gasteiger partial charge on any atom is 0.307 e. The maximum absolute atomic E-state index is 13.6. The zero-order valence-electron chi connectivity index (χ0n) is 21.1. The molecule has 11 heteroatoms. The van der Waals surface area contributed by atoms with Gasteiger partial charge in [0.1, 0.15) is 22.8 Å². The van der Waals surface area contributed by atoms with Gasteiger partial charge in [-0.2, -0.15) is 0 Å². The van der Waals surface area contributed by atoms with E-state index in [1.165, 1.54) is 18.5 Å². The number of fused-ring (bicyclic) bond motifs is 3. The molecule has 3 heterocycles. The molecular formula is C27H29ClFN5O3S. The van der Waals surface area contributed by atoms with Gasteiger partial charge in [-0.15, -0.1) is 11.3 Å². The lowest BCUT2D eigenvalue weighted by Crippen LogP contribution is -2.34. The Hall–Kier alpha value is -3.08. The number of amides is 1. The zero-order chi connectivity index (χ0) is 26.6. The summed E-state index contributed by atoms with van der Waals surface area (Å²) in [5, 5.41) is 4.21. The number of rotatable bonds is 10. The number of aromatic nitrogens is 2. The van der Waals surface area contributed by atoms with E-state index in [-0.39, 0.29) is 16.9 Å². The van der Waals surface area contributed by atoms with E-state index in [0.29, 0.717) is 63.2 Å². The normalized spacial score (nSPS) is 15.3. The molecule has 1 fully saturated rings. The minimum Gasteiger partial charge on any atom is -0.466 e.